The van der Waals surface area contributed by atoms with Gasteiger partial charge in [-0.1, -0.05) is 0 Å². The number of aliphatic carboxylic acids is 1. The number of nitro groups is 1. The maximum atomic E-state index is 12.2. The van der Waals surface area contributed by atoms with E-state index >= 15 is 0 Å². The zero-order valence-corrected chi connectivity index (χ0v) is 12.7. The molecule has 0 bridgehead atoms. The minimum atomic E-state index is -0.863. The third kappa shape index (κ3) is 3.97. The normalized spacial score (nSPS) is 20.0. The van der Waals surface area contributed by atoms with Gasteiger partial charge in [-0.05, 0) is 38.3 Å². The van der Waals surface area contributed by atoms with E-state index in [1.807, 2.05) is 0 Å². The van der Waals surface area contributed by atoms with E-state index in [1.54, 1.807) is 6.92 Å². The first-order valence-electron chi connectivity index (χ1n) is 7.37. The maximum absolute atomic E-state index is 12.2. The highest BCUT2D eigenvalue weighted by Gasteiger charge is 2.31. The fraction of sp³-hybridized carbons (Fsp3) is 0.467. The van der Waals surface area contributed by atoms with Crippen LogP contribution in [0.15, 0.2) is 18.2 Å². The van der Waals surface area contributed by atoms with Crippen molar-refractivity contribution in [3.63, 3.8) is 0 Å². The van der Waals surface area contributed by atoms with Crippen LogP contribution in [0.3, 0.4) is 0 Å². The summed E-state index contributed by atoms with van der Waals surface area (Å²) in [4.78, 5) is 33.6. The maximum Gasteiger partial charge on any atom is 0.311 e. The van der Waals surface area contributed by atoms with Gasteiger partial charge in [-0.2, -0.15) is 0 Å². The van der Waals surface area contributed by atoms with Gasteiger partial charge in [0.05, 0.1) is 17.4 Å². The number of nitrogens with zero attached hydrogens (tertiary/aromatic N) is 1. The molecule has 0 spiro atoms. The number of carboxylic acids is 1. The first-order valence-corrected chi connectivity index (χ1v) is 7.37. The number of hydrogen-bond acceptors (Lipinski definition) is 5. The molecule has 0 unspecified atom stereocenters. The van der Waals surface area contributed by atoms with Gasteiger partial charge in [0.15, 0.2) is 5.75 Å². The van der Waals surface area contributed by atoms with E-state index in [0.29, 0.717) is 19.3 Å². The lowest BCUT2D eigenvalue weighted by atomic mass is 10.1. The lowest BCUT2D eigenvalue weighted by Gasteiger charge is -2.13. The van der Waals surface area contributed by atoms with Gasteiger partial charge in [0.25, 0.3) is 5.91 Å². The van der Waals surface area contributed by atoms with Gasteiger partial charge in [-0.15, -0.1) is 0 Å². The second kappa shape index (κ2) is 7.08. The van der Waals surface area contributed by atoms with E-state index < -0.39 is 22.7 Å². The molecule has 1 amide bonds. The number of rotatable bonds is 6. The Bertz CT molecular complexity index is 630. The average Bonchev–Trinajstić information content (AvgIpc) is 2.96. The molecule has 0 heterocycles. The van der Waals surface area contributed by atoms with E-state index in [4.69, 9.17) is 9.84 Å². The summed E-state index contributed by atoms with van der Waals surface area (Å²) >= 11 is 0. The van der Waals surface area contributed by atoms with Crippen molar-refractivity contribution in [3.05, 3.63) is 33.9 Å². The van der Waals surface area contributed by atoms with Crippen LogP contribution in [0.2, 0.25) is 0 Å². The van der Waals surface area contributed by atoms with Crippen LogP contribution in [0.25, 0.3) is 0 Å². The summed E-state index contributed by atoms with van der Waals surface area (Å²) in [6.45, 7) is 1.99. The molecule has 1 aromatic rings. The number of carbonyl (C=O) groups excluding carboxylic acids is 1. The van der Waals surface area contributed by atoms with Gasteiger partial charge < -0.3 is 15.2 Å². The first kappa shape index (κ1) is 16.7. The molecule has 1 aliphatic carbocycles. The Hall–Kier alpha value is -2.64. The van der Waals surface area contributed by atoms with E-state index in [2.05, 4.69) is 5.32 Å². The van der Waals surface area contributed by atoms with Crippen molar-refractivity contribution >= 4 is 17.6 Å². The molecule has 8 heteroatoms. The van der Waals surface area contributed by atoms with Crippen molar-refractivity contribution in [2.24, 2.45) is 5.92 Å². The quantitative estimate of drug-likeness (QED) is 0.610. The van der Waals surface area contributed by atoms with E-state index in [9.17, 15) is 19.7 Å². The molecule has 1 fully saturated rings. The van der Waals surface area contributed by atoms with Crippen LogP contribution in [-0.2, 0) is 4.79 Å². The zero-order chi connectivity index (χ0) is 17.0. The SMILES string of the molecule is CCOc1ccc(C(=O)N[C@@H]2CC[C@H](C(=O)O)C2)cc1[N+](=O)[O-]. The molecule has 0 saturated heterocycles. The van der Waals surface area contributed by atoms with Crippen LogP contribution < -0.4 is 10.1 Å². The standard InChI is InChI=1S/C15H18N2O6/c1-2-23-13-6-4-9(8-12(13)17(21)22)14(18)16-11-5-3-10(7-11)15(19)20/h4,6,8,10-11H,2-3,5,7H2,1H3,(H,16,18)(H,19,20)/t10-,11+/m0/s1. The zero-order valence-electron chi connectivity index (χ0n) is 12.7. The number of amides is 1. The number of carbonyl (C=O) groups is 2. The number of nitrogens with one attached hydrogen (secondary N) is 1. The lowest BCUT2D eigenvalue weighted by Crippen LogP contribution is -2.33. The minimum Gasteiger partial charge on any atom is -0.487 e. The Balaban J connectivity index is 2.09. The molecular weight excluding hydrogens is 304 g/mol. The summed E-state index contributed by atoms with van der Waals surface area (Å²) in [5.41, 5.74) is -0.117. The third-order valence-corrected chi connectivity index (χ3v) is 3.83. The summed E-state index contributed by atoms with van der Waals surface area (Å²) in [5.74, 6) is -1.65. The van der Waals surface area contributed by atoms with Crippen molar-refractivity contribution in [2.45, 2.75) is 32.2 Å². The van der Waals surface area contributed by atoms with Crippen molar-refractivity contribution < 1.29 is 24.4 Å². The summed E-state index contributed by atoms with van der Waals surface area (Å²) in [5, 5.41) is 22.8. The second-order valence-corrected chi connectivity index (χ2v) is 5.39. The minimum absolute atomic E-state index is 0.112. The van der Waals surface area contributed by atoms with Gasteiger partial charge in [-0.3, -0.25) is 19.7 Å². The number of benzene rings is 1. The molecule has 0 radical (unpaired) electrons. The van der Waals surface area contributed by atoms with Crippen LogP contribution in [0.4, 0.5) is 5.69 Å². The van der Waals surface area contributed by atoms with Gasteiger partial charge in [0.2, 0.25) is 0 Å². The van der Waals surface area contributed by atoms with Gasteiger partial charge >= 0.3 is 11.7 Å². The third-order valence-electron chi connectivity index (χ3n) is 3.83. The van der Waals surface area contributed by atoms with Crippen molar-refractivity contribution in [3.8, 4) is 5.75 Å². The van der Waals surface area contributed by atoms with Crippen LogP contribution >= 0.6 is 0 Å². The van der Waals surface area contributed by atoms with E-state index in [1.165, 1.54) is 18.2 Å². The van der Waals surface area contributed by atoms with Gasteiger partial charge in [-0.25, -0.2) is 0 Å². The molecule has 8 nitrogen and oxygen atoms in total. The second-order valence-electron chi connectivity index (χ2n) is 5.39. The molecule has 0 aliphatic heterocycles. The molecule has 124 valence electrons. The number of carboxylic acid groups (broad SMARTS) is 1. The summed E-state index contributed by atoms with van der Waals surface area (Å²) in [7, 11) is 0. The number of nitro benzene ring substituents is 1. The molecular formula is C15H18N2O6. The van der Waals surface area contributed by atoms with Crippen LogP contribution in [0.5, 0.6) is 5.75 Å². The number of ether oxygens (including phenoxy) is 1. The molecule has 1 aromatic carbocycles. The highest BCUT2D eigenvalue weighted by Crippen LogP contribution is 2.29. The Morgan fingerprint density at radius 2 is 2.17 bits per heavy atom. The van der Waals surface area contributed by atoms with Crippen LogP contribution in [-0.4, -0.2) is 34.6 Å². The molecule has 2 N–H and O–H groups in total. The summed E-state index contributed by atoms with van der Waals surface area (Å²) < 4.78 is 5.17. The molecule has 0 aromatic heterocycles. The smallest absolute Gasteiger partial charge is 0.311 e. The summed E-state index contributed by atoms with van der Waals surface area (Å²) in [6, 6.07) is 3.79. The monoisotopic (exact) mass is 322 g/mol. The highest BCUT2D eigenvalue weighted by molar-refractivity contribution is 5.95. The summed E-state index contributed by atoms with van der Waals surface area (Å²) in [6.07, 6.45) is 1.48. The molecule has 1 saturated carbocycles. The predicted molar refractivity (Wildman–Crippen MR) is 80.5 cm³/mol. The lowest BCUT2D eigenvalue weighted by molar-refractivity contribution is -0.385. The van der Waals surface area contributed by atoms with E-state index in [-0.39, 0.29) is 29.6 Å². The van der Waals surface area contributed by atoms with Crippen LogP contribution in [0.1, 0.15) is 36.5 Å². The Labute approximate surface area is 132 Å². The average molecular weight is 322 g/mol. The number of hydrogen-bond donors (Lipinski definition) is 2. The van der Waals surface area contributed by atoms with Crippen molar-refractivity contribution in [1.29, 1.82) is 0 Å². The molecule has 2 rings (SSSR count). The molecule has 2 atom stereocenters. The topological polar surface area (TPSA) is 119 Å². The van der Waals surface area contributed by atoms with Crippen molar-refractivity contribution in [2.75, 3.05) is 6.61 Å². The Morgan fingerprint density at radius 3 is 2.74 bits per heavy atom. The Morgan fingerprint density at radius 1 is 1.43 bits per heavy atom. The highest BCUT2D eigenvalue weighted by atomic mass is 16.6. The fourth-order valence-electron chi connectivity index (χ4n) is 2.68. The molecule has 23 heavy (non-hydrogen) atoms. The van der Waals surface area contributed by atoms with Gasteiger partial charge in [0, 0.05) is 17.7 Å². The van der Waals surface area contributed by atoms with E-state index in [0.717, 1.165) is 0 Å². The van der Waals surface area contributed by atoms with Crippen molar-refractivity contribution in [1.82, 2.24) is 5.32 Å². The Kier molecular flexibility index (Phi) is 5.15. The van der Waals surface area contributed by atoms with Gasteiger partial charge in [0.1, 0.15) is 0 Å². The predicted octanol–water partition coefficient (Wildman–Crippen LogP) is 1.98. The first-order chi connectivity index (χ1) is 10.9. The van der Waals surface area contributed by atoms with Crippen LogP contribution in [0, 0.1) is 16.0 Å². The largest absolute Gasteiger partial charge is 0.487 e. The fourth-order valence-corrected chi connectivity index (χ4v) is 2.68. The molecule has 1 aliphatic rings.